The van der Waals surface area contributed by atoms with Crippen LogP contribution in [-0.2, 0) is 38.4 Å². The lowest BCUT2D eigenvalue weighted by Crippen LogP contribution is -2.44. The number of benzene rings is 2. The maximum Gasteiger partial charge on any atom is 0.310 e. The van der Waals surface area contributed by atoms with Gasteiger partial charge in [-0.2, -0.15) is 0 Å². The van der Waals surface area contributed by atoms with Crippen molar-refractivity contribution in [2.24, 2.45) is 17.1 Å². The number of methoxy groups -OCH3 is 1. The van der Waals surface area contributed by atoms with Crippen LogP contribution in [0.2, 0.25) is 0 Å². The predicted molar refractivity (Wildman–Crippen MR) is 177 cm³/mol. The highest BCUT2D eigenvalue weighted by atomic mass is 16.5. The molecular weight excluding hydrogens is 564 g/mol. The van der Waals surface area contributed by atoms with Crippen molar-refractivity contribution < 1.29 is 19.1 Å². The van der Waals surface area contributed by atoms with E-state index in [1.165, 1.54) is 5.56 Å². The van der Waals surface area contributed by atoms with Crippen molar-refractivity contribution in [3.05, 3.63) is 77.6 Å². The minimum Gasteiger partial charge on any atom is -0.465 e. The Labute approximate surface area is 265 Å². The highest BCUT2D eigenvalue weighted by Gasteiger charge is 2.36. The molecule has 2 aliphatic heterocycles. The van der Waals surface area contributed by atoms with Crippen LogP contribution in [0.25, 0.3) is 33.3 Å². The van der Waals surface area contributed by atoms with Gasteiger partial charge in [-0.05, 0) is 79.6 Å². The van der Waals surface area contributed by atoms with E-state index in [2.05, 4.69) is 61.7 Å². The molecule has 0 radical (unpaired) electrons. The number of amides is 1. The fourth-order valence-electron chi connectivity index (χ4n) is 6.99. The summed E-state index contributed by atoms with van der Waals surface area (Å²) in [5.41, 5.74) is 14.6. The van der Waals surface area contributed by atoms with Crippen molar-refractivity contribution in [3.63, 3.8) is 0 Å². The molecule has 2 aromatic heterocycles. The lowest BCUT2D eigenvalue weighted by atomic mass is 9.84. The first-order valence-electron chi connectivity index (χ1n) is 16.0. The number of hydrogen-bond acceptors (Lipinski definition) is 6. The highest BCUT2D eigenvalue weighted by Crippen LogP contribution is 2.42. The van der Waals surface area contributed by atoms with E-state index in [1.807, 2.05) is 31.3 Å². The second-order valence-corrected chi connectivity index (χ2v) is 13.3. The number of pyridine rings is 1. The number of carbonyl (C=O) groups excluding carboxylic acids is 2. The standard InChI is InChI=1S/C37H44N4O4/c1-6-41-32-13-12-26-19-29(32)30(34(41)28-11-8-15-39-33(28)23(2)44-5)20-37(3,4)22-45-36(43)27-14-16-40(21-27)35(42)31(38)18-24-9-7-10-25(26)17-24/h7-13,15,17,19,23,27,31H,6,14,16,18,20-22,38H2,1-5H3/t23-,27-,31-/m0/s1. The van der Waals surface area contributed by atoms with Gasteiger partial charge in [-0.3, -0.25) is 14.6 Å². The van der Waals surface area contributed by atoms with Gasteiger partial charge in [-0.15, -0.1) is 0 Å². The number of fused-ring (bicyclic) bond motifs is 6. The first kappa shape index (κ1) is 31.0. The molecule has 0 saturated carbocycles. The molecule has 45 heavy (non-hydrogen) atoms. The van der Waals surface area contributed by atoms with Gasteiger partial charge in [-0.1, -0.05) is 44.2 Å². The normalized spacial score (nSPS) is 21.1. The van der Waals surface area contributed by atoms with Crippen molar-refractivity contribution in [1.82, 2.24) is 14.5 Å². The maximum absolute atomic E-state index is 13.3. The molecule has 0 aliphatic carbocycles. The lowest BCUT2D eigenvalue weighted by molar-refractivity contribution is -0.151. The van der Waals surface area contributed by atoms with E-state index in [1.54, 1.807) is 12.0 Å². The molecule has 8 heteroatoms. The van der Waals surface area contributed by atoms with Crippen LogP contribution in [0.15, 0.2) is 60.8 Å². The zero-order valence-electron chi connectivity index (χ0n) is 27.0. The number of esters is 1. The summed E-state index contributed by atoms with van der Waals surface area (Å²) in [7, 11) is 1.71. The summed E-state index contributed by atoms with van der Waals surface area (Å²) >= 11 is 0. The van der Waals surface area contributed by atoms with Crippen LogP contribution in [0.4, 0.5) is 0 Å². The van der Waals surface area contributed by atoms with Gasteiger partial charge in [0.05, 0.1) is 36.1 Å². The predicted octanol–water partition coefficient (Wildman–Crippen LogP) is 5.94. The molecule has 6 rings (SSSR count). The van der Waals surface area contributed by atoms with E-state index in [-0.39, 0.29) is 35.9 Å². The third-order valence-electron chi connectivity index (χ3n) is 9.44. The number of aryl methyl sites for hydroxylation is 1. The number of aromatic nitrogens is 2. The van der Waals surface area contributed by atoms with Gasteiger partial charge in [-0.25, -0.2) is 0 Å². The Morgan fingerprint density at radius 3 is 2.69 bits per heavy atom. The second-order valence-electron chi connectivity index (χ2n) is 13.3. The van der Waals surface area contributed by atoms with Gasteiger partial charge >= 0.3 is 5.97 Å². The van der Waals surface area contributed by atoms with Gasteiger partial charge in [0.1, 0.15) is 0 Å². The van der Waals surface area contributed by atoms with Crippen molar-refractivity contribution in [2.45, 2.75) is 65.6 Å². The van der Waals surface area contributed by atoms with Crippen LogP contribution >= 0.6 is 0 Å². The zero-order valence-corrected chi connectivity index (χ0v) is 27.0. The van der Waals surface area contributed by atoms with Crippen LogP contribution in [0.3, 0.4) is 0 Å². The average molecular weight is 609 g/mol. The largest absolute Gasteiger partial charge is 0.465 e. The number of nitrogens with zero attached hydrogens (tertiary/aromatic N) is 3. The Balaban J connectivity index is 1.55. The maximum atomic E-state index is 13.3. The molecule has 2 aromatic carbocycles. The number of cyclic esters (lactones) is 1. The number of rotatable bonds is 4. The Hall–Kier alpha value is -4.01. The third kappa shape index (κ3) is 6.01. The molecule has 4 aromatic rings. The molecule has 3 atom stereocenters. The van der Waals surface area contributed by atoms with E-state index in [9.17, 15) is 9.59 Å². The second kappa shape index (κ2) is 12.4. The molecule has 1 amide bonds. The van der Waals surface area contributed by atoms with Crippen molar-refractivity contribution in [2.75, 3.05) is 26.8 Å². The Morgan fingerprint density at radius 1 is 1.11 bits per heavy atom. The fourth-order valence-corrected chi connectivity index (χ4v) is 6.99. The molecular formula is C37H44N4O4. The van der Waals surface area contributed by atoms with E-state index >= 15 is 0 Å². The number of carbonyl (C=O) groups is 2. The molecule has 8 nitrogen and oxygen atoms in total. The molecule has 6 bridgehead atoms. The highest BCUT2D eigenvalue weighted by molar-refractivity contribution is 5.95. The van der Waals surface area contributed by atoms with Crippen molar-refractivity contribution in [1.29, 1.82) is 0 Å². The number of nitrogens with two attached hydrogens (primary N) is 1. The van der Waals surface area contributed by atoms with E-state index < -0.39 is 6.04 Å². The molecule has 4 heterocycles. The van der Waals surface area contributed by atoms with E-state index in [0.717, 1.165) is 51.1 Å². The zero-order chi connectivity index (χ0) is 31.9. The van der Waals surface area contributed by atoms with Gasteiger partial charge in [0.15, 0.2) is 0 Å². The molecule has 1 fully saturated rings. The van der Waals surface area contributed by atoms with Crippen LogP contribution in [0.1, 0.15) is 57.0 Å². The summed E-state index contributed by atoms with van der Waals surface area (Å²) < 4.78 is 14.1. The molecule has 0 unspecified atom stereocenters. The minimum absolute atomic E-state index is 0.116. The van der Waals surface area contributed by atoms with E-state index in [4.69, 9.17) is 20.2 Å². The third-order valence-corrected chi connectivity index (χ3v) is 9.44. The smallest absolute Gasteiger partial charge is 0.310 e. The molecule has 1 saturated heterocycles. The fraction of sp³-hybridized carbons (Fsp3) is 0.432. The van der Waals surface area contributed by atoms with Crippen LogP contribution in [-0.4, -0.2) is 59.2 Å². The molecule has 2 aliphatic rings. The van der Waals surface area contributed by atoms with Gasteiger partial charge in [0, 0.05) is 54.8 Å². The quantitative estimate of drug-likeness (QED) is 0.288. The summed E-state index contributed by atoms with van der Waals surface area (Å²) in [6.07, 6.45) is 3.33. The van der Waals surface area contributed by atoms with E-state index in [0.29, 0.717) is 32.4 Å². The van der Waals surface area contributed by atoms with Gasteiger partial charge in [0.25, 0.3) is 0 Å². The summed E-state index contributed by atoms with van der Waals surface area (Å²) in [4.78, 5) is 33.0. The minimum atomic E-state index is -0.675. The SMILES string of the molecule is CCn1c(-c2cccnc2[C@H](C)OC)c2c3cc(ccc31)-c1cccc(c1)C[C@H](N)C(=O)N1CC[C@@H](C1)C(=O)OCC(C)(C)C2. The Morgan fingerprint density at radius 2 is 1.91 bits per heavy atom. The Kier molecular flexibility index (Phi) is 8.55. The number of ether oxygens (including phenoxy) is 2. The van der Waals surface area contributed by atoms with Crippen LogP contribution in [0.5, 0.6) is 0 Å². The van der Waals surface area contributed by atoms with Gasteiger partial charge in [0.2, 0.25) is 5.91 Å². The molecule has 0 spiro atoms. The first-order valence-corrected chi connectivity index (χ1v) is 16.0. The van der Waals surface area contributed by atoms with Gasteiger partial charge < -0.3 is 24.7 Å². The lowest BCUT2D eigenvalue weighted by Gasteiger charge is -2.26. The average Bonchev–Trinajstić information content (AvgIpc) is 3.65. The Bertz CT molecular complexity index is 1740. The molecule has 236 valence electrons. The van der Waals surface area contributed by atoms with Crippen molar-refractivity contribution >= 4 is 22.8 Å². The topological polar surface area (TPSA) is 99.7 Å². The summed E-state index contributed by atoms with van der Waals surface area (Å²) in [6.45, 7) is 10.4. The monoisotopic (exact) mass is 608 g/mol. The summed E-state index contributed by atoms with van der Waals surface area (Å²) in [5, 5.41) is 1.16. The van der Waals surface area contributed by atoms with Crippen molar-refractivity contribution in [3.8, 4) is 22.4 Å². The summed E-state index contributed by atoms with van der Waals surface area (Å²) in [5.74, 6) is -0.704. The first-order chi connectivity index (χ1) is 21.6. The number of hydrogen-bond donors (Lipinski definition) is 1. The van der Waals surface area contributed by atoms with Crippen LogP contribution < -0.4 is 5.73 Å². The summed E-state index contributed by atoms with van der Waals surface area (Å²) in [6, 6.07) is 18.4. The van der Waals surface area contributed by atoms with Crippen LogP contribution in [0, 0.1) is 11.3 Å². The molecule has 2 N–H and O–H groups in total.